The highest BCUT2D eigenvalue weighted by atomic mass is 32.1. The van der Waals surface area contributed by atoms with E-state index in [2.05, 4.69) is 15.3 Å². The molecule has 8 heteroatoms. The Morgan fingerprint density at radius 1 is 1.62 bits per heavy atom. The van der Waals surface area contributed by atoms with Crippen molar-refractivity contribution in [1.82, 2.24) is 4.98 Å². The predicted molar refractivity (Wildman–Crippen MR) is 85.6 cm³/mol. The summed E-state index contributed by atoms with van der Waals surface area (Å²) in [5.41, 5.74) is 7.82. The molecular formula is C13H13N7S. The number of thiazole rings is 1. The van der Waals surface area contributed by atoms with E-state index >= 15 is 0 Å². The van der Waals surface area contributed by atoms with E-state index in [0.717, 1.165) is 22.5 Å². The van der Waals surface area contributed by atoms with Crippen LogP contribution in [-0.2, 0) is 0 Å². The van der Waals surface area contributed by atoms with Crippen molar-refractivity contribution in [2.45, 2.75) is 0 Å². The molecular weight excluding hydrogens is 286 g/mol. The molecule has 0 amide bonds. The number of nitrogens with one attached hydrogen (secondary N) is 2. The first-order valence-corrected chi connectivity index (χ1v) is 6.80. The first kappa shape index (κ1) is 14.5. The van der Waals surface area contributed by atoms with Crippen LogP contribution < -0.4 is 16.0 Å². The second-order valence-electron chi connectivity index (χ2n) is 3.92. The molecule has 0 spiro atoms. The van der Waals surface area contributed by atoms with Crippen molar-refractivity contribution in [1.29, 1.82) is 10.7 Å². The van der Waals surface area contributed by atoms with E-state index < -0.39 is 0 Å². The zero-order valence-corrected chi connectivity index (χ0v) is 12.1. The lowest BCUT2D eigenvalue weighted by molar-refractivity contribution is 1.31. The number of nitrogens with two attached hydrogens (primary N) is 1. The number of nitriles is 1. The third-order valence-electron chi connectivity index (χ3n) is 2.64. The minimum absolute atomic E-state index is 0.295. The van der Waals surface area contributed by atoms with E-state index in [1.807, 2.05) is 23.7 Å². The summed E-state index contributed by atoms with van der Waals surface area (Å²) in [7, 11) is 1.59. The van der Waals surface area contributed by atoms with Crippen LogP contribution in [0.1, 0.15) is 0 Å². The third-order valence-corrected chi connectivity index (χ3v) is 3.39. The van der Waals surface area contributed by atoms with Crippen LogP contribution in [0, 0.1) is 16.9 Å². The van der Waals surface area contributed by atoms with Crippen LogP contribution in [0.3, 0.4) is 0 Å². The zero-order valence-electron chi connectivity index (χ0n) is 11.2. The summed E-state index contributed by atoms with van der Waals surface area (Å²) in [6.07, 6.45) is 2.88. The summed E-state index contributed by atoms with van der Waals surface area (Å²) >= 11 is 1.41. The normalized spacial score (nSPS) is 10.8. The first-order valence-electron chi connectivity index (χ1n) is 5.92. The van der Waals surface area contributed by atoms with E-state index in [4.69, 9.17) is 16.4 Å². The lowest BCUT2D eigenvalue weighted by Gasteiger charge is -2.09. The van der Waals surface area contributed by atoms with Gasteiger partial charge in [-0.25, -0.2) is 9.88 Å². The largest absolute Gasteiger partial charge is 0.370 e. The standard InChI is InChI=1S/C13H13N7S/c1-17-12(16)19-13-18-11(6-21-13)9-3-2-4-10(5-9)20(7-14)8-15/h2-7,14H,1H3,(H3,16,17,18,19). The van der Waals surface area contributed by atoms with Crippen molar-refractivity contribution in [3.63, 3.8) is 0 Å². The average molecular weight is 299 g/mol. The van der Waals surface area contributed by atoms with Gasteiger partial charge in [0.05, 0.1) is 11.4 Å². The van der Waals surface area contributed by atoms with Crippen LogP contribution in [0.5, 0.6) is 0 Å². The fraction of sp³-hybridized carbons (Fsp3) is 0.0769. The Bertz CT molecular complexity index is 713. The summed E-state index contributed by atoms with van der Waals surface area (Å²) in [5, 5.41) is 21.5. The number of nitrogens with zero attached hydrogens (tertiary/aromatic N) is 4. The van der Waals surface area contributed by atoms with Crippen molar-refractivity contribution >= 4 is 34.5 Å². The van der Waals surface area contributed by atoms with Crippen LogP contribution >= 0.6 is 11.3 Å². The van der Waals surface area contributed by atoms with Gasteiger partial charge in [0.15, 0.2) is 17.3 Å². The summed E-state index contributed by atoms with van der Waals surface area (Å²) < 4.78 is 0. The molecule has 0 atom stereocenters. The van der Waals surface area contributed by atoms with E-state index in [1.165, 1.54) is 11.3 Å². The van der Waals surface area contributed by atoms with Crippen LogP contribution in [0.25, 0.3) is 11.3 Å². The lowest BCUT2D eigenvalue weighted by atomic mass is 10.1. The summed E-state index contributed by atoms with van der Waals surface area (Å²) in [5.74, 6) is 0.295. The van der Waals surface area contributed by atoms with Crippen LogP contribution in [-0.4, -0.2) is 24.3 Å². The maximum absolute atomic E-state index is 8.95. The number of anilines is 2. The molecule has 0 radical (unpaired) electrons. The topological polar surface area (TPSA) is 114 Å². The van der Waals surface area contributed by atoms with E-state index in [-0.39, 0.29) is 0 Å². The molecule has 1 aromatic heterocycles. The van der Waals surface area contributed by atoms with Crippen molar-refractivity contribution < 1.29 is 0 Å². The maximum Gasteiger partial charge on any atom is 0.194 e. The molecule has 4 N–H and O–H groups in total. The molecule has 7 nitrogen and oxygen atoms in total. The van der Waals surface area contributed by atoms with Gasteiger partial charge in [0.1, 0.15) is 6.34 Å². The van der Waals surface area contributed by atoms with Gasteiger partial charge in [0.25, 0.3) is 0 Å². The van der Waals surface area contributed by atoms with E-state index in [1.54, 1.807) is 19.2 Å². The van der Waals surface area contributed by atoms with Crippen molar-refractivity contribution in [2.24, 2.45) is 10.7 Å². The fourth-order valence-corrected chi connectivity index (χ4v) is 2.33. The number of hydrogen-bond acceptors (Lipinski definition) is 5. The highest BCUT2D eigenvalue weighted by Crippen LogP contribution is 2.27. The van der Waals surface area contributed by atoms with Crippen molar-refractivity contribution in [3.8, 4) is 17.5 Å². The molecule has 106 valence electrons. The monoisotopic (exact) mass is 299 g/mol. The van der Waals surface area contributed by atoms with Gasteiger partial charge in [-0.1, -0.05) is 12.1 Å². The number of guanidine groups is 1. The fourth-order valence-electron chi connectivity index (χ4n) is 1.61. The van der Waals surface area contributed by atoms with Gasteiger partial charge >= 0.3 is 0 Å². The smallest absolute Gasteiger partial charge is 0.194 e. The Morgan fingerprint density at radius 3 is 3.10 bits per heavy atom. The Kier molecular flexibility index (Phi) is 4.48. The summed E-state index contributed by atoms with van der Waals surface area (Å²) in [6.45, 7) is 0. The SMILES string of the molecule is CN=C(N)Nc1nc(-c2cccc(N(C#N)C=N)c2)cs1. The molecule has 2 aromatic rings. The Hall–Kier alpha value is -2.92. The molecule has 0 aliphatic carbocycles. The molecule has 0 unspecified atom stereocenters. The van der Waals surface area contributed by atoms with E-state index in [0.29, 0.717) is 16.8 Å². The van der Waals surface area contributed by atoms with Gasteiger partial charge in [-0.2, -0.15) is 5.26 Å². The molecule has 0 saturated carbocycles. The van der Waals surface area contributed by atoms with Crippen LogP contribution in [0.15, 0.2) is 34.6 Å². The molecule has 21 heavy (non-hydrogen) atoms. The van der Waals surface area contributed by atoms with Gasteiger partial charge in [0.2, 0.25) is 0 Å². The first-order chi connectivity index (χ1) is 10.2. The minimum atomic E-state index is 0.295. The number of benzene rings is 1. The molecule has 2 rings (SSSR count). The highest BCUT2D eigenvalue weighted by Gasteiger charge is 2.08. The Balaban J connectivity index is 2.29. The Morgan fingerprint density at radius 2 is 2.43 bits per heavy atom. The molecule has 1 heterocycles. The van der Waals surface area contributed by atoms with Gasteiger partial charge < -0.3 is 11.1 Å². The van der Waals surface area contributed by atoms with Gasteiger partial charge in [0, 0.05) is 18.0 Å². The van der Waals surface area contributed by atoms with Crippen LogP contribution in [0.2, 0.25) is 0 Å². The summed E-state index contributed by atoms with van der Waals surface area (Å²) in [6, 6.07) is 7.25. The second kappa shape index (κ2) is 6.49. The summed E-state index contributed by atoms with van der Waals surface area (Å²) in [4.78, 5) is 9.38. The third kappa shape index (κ3) is 3.34. The number of hydrogen-bond donors (Lipinski definition) is 3. The number of aliphatic imine (C=N–C) groups is 1. The number of aromatic nitrogens is 1. The van der Waals surface area contributed by atoms with E-state index in [9.17, 15) is 0 Å². The zero-order chi connectivity index (χ0) is 15.2. The minimum Gasteiger partial charge on any atom is -0.370 e. The quantitative estimate of drug-likeness (QED) is 0.346. The predicted octanol–water partition coefficient (Wildman–Crippen LogP) is 2.06. The molecule has 0 bridgehead atoms. The molecule has 0 aliphatic rings. The second-order valence-corrected chi connectivity index (χ2v) is 4.78. The highest BCUT2D eigenvalue weighted by molar-refractivity contribution is 7.14. The van der Waals surface area contributed by atoms with Gasteiger partial charge in [-0.3, -0.25) is 10.4 Å². The van der Waals surface area contributed by atoms with Crippen LogP contribution in [0.4, 0.5) is 10.8 Å². The Labute approximate surface area is 125 Å². The number of rotatable bonds is 4. The van der Waals surface area contributed by atoms with Gasteiger partial charge in [-0.15, -0.1) is 11.3 Å². The molecule has 0 saturated heterocycles. The molecule has 1 aromatic carbocycles. The average Bonchev–Trinajstić information content (AvgIpc) is 2.97. The lowest BCUT2D eigenvalue weighted by Crippen LogP contribution is -2.21. The molecule has 0 aliphatic heterocycles. The molecule has 0 fully saturated rings. The van der Waals surface area contributed by atoms with Crippen molar-refractivity contribution in [2.75, 3.05) is 17.3 Å². The maximum atomic E-state index is 8.95. The van der Waals surface area contributed by atoms with Crippen molar-refractivity contribution in [3.05, 3.63) is 29.6 Å². The van der Waals surface area contributed by atoms with Gasteiger partial charge in [-0.05, 0) is 12.1 Å².